The molecule has 0 spiro atoms. The van der Waals surface area contributed by atoms with Gasteiger partial charge in [0.1, 0.15) is 5.69 Å². The van der Waals surface area contributed by atoms with Gasteiger partial charge in [-0.3, -0.25) is 9.59 Å². The first-order chi connectivity index (χ1) is 11.2. The number of nitrogens with zero attached hydrogens (tertiary/aromatic N) is 3. The van der Waals surface area contributed by atoms with Gasteiger partial charge in [-0.25, -0.2) is 4.68 Å². The van der Waals surface area contributed by atoms with Crippen LogP contribution in [0.1, 0.15) is 15.4 Å². The van der Waals surface area contributed by atoms with Crippen molar-refractivity contribution in [1.82, 2.24) is 14.7 Å². The molecule has 2 heterocycles. The third kappa shape index (κ3) is 4.61. The highest BCUT2D eigenvalue weighted by atomic mass is 32.1. The van der Waals surface area contributed by atoms with Crippen LogP contribution in [0.3, 0.4) is 0 Å². The van der Waals surface area contributed by atoms with E-state index in [0.717, 1.165) is 4.88 Å². The predicted molar refractivity (Wildman–Crippen MR) is 89.6 cm³/mol. The number of hydrogen-bond acceptors (Lipinski definition) is 5. The number of thiophene rings is 1. The molecule has 23 heavy (non-hydrogen) atoms. The first-order valence-corrected chi connectivity index (χ1v) is 8.03. The smallest absolute Gasteiger partial charge is 0.274 e. The molecule has 0 bridgehead atoms. The van der Waals surface area contributed by atoms with E-state index in [9.17, 15) is 9.59 Å². The molecule has 0 aliphatic rings. The number of hydrogen-bond donors (Lipinski definition) is 0. The number of carbonyl (C=O) groups excluding carboxylic acids is 1. The van der Waals surface area contributed by atoms with Crippen molar-refractivity contribution in [2.45, 2.75) is 13.1 Å². The third-order valence-electron chi connectivity index (χ3n) is 3.16. The van der Waals surface area contributed by atoms with Crippen LogP contribution in [0.25, 0.3) is 0 Å². The Kier molecular flexibility index (Phi) is 6.25. The van der Waals surface area contributed by atoms with Gasteiger partial charge in [0.05, 0.1) is 19.7 Å². The molecule has 122 valence electrons. The zero-order valence-corrected chi connectivity index (χ0v) is 13.8. The highest BCUT2D eigenvalue weighted by Crippen LogP contribution is 2.13. The summed E-state index contributed by atoms with van der Waals surface area (Å²) < 4.78 is 6.19. The van der Waals surface area contributed by atoms with E-state index in [-0.39, 0.29) is 17.2 Å². The van der Waals surface area contributed by atoms with Gasteiger partial charge in [0.25, 0.3) is 11.5 Å². The molecule has 0 aromatic carbocycles. The summed E-state index contributed by atoms with van der Waals surface area (Å²) in [5, 5.41) is 6.11. The number of methoxy groups -OCH3 is 1. The van der Waals surface area contributed by atoms with Crippen LogP contribution >= 0.6 is 11.3 Å². The summed E-state index contributed by atoms with van der Waals surface area (Å²) in [5.74, 6) is -0.232. The summed E-state index contributed by atoms with van der Waals surface area (Å²) in [6.07, 6.45) is 1.67. The summed E-state index contributed by atoms with van der Waals surface area (Å²) in [6.45, 7) is 5.26. The van der Waals surface area contributed by atoms with Crippen molar-refractivity contribution < 1.29 is 9.53 Å². The van der Waals surface area contributed by atoms with Crippen LogP contribution in [0.2, 0.25) is 0 Å². The van der Waals surface area contributed by atoms with Crippen LogP contribution in [0, 0.1) is 0 Å². The largest absolute Gasteiger partial charge is 0.383 e. The summed E-state index contributed by atoms with van der Waals surface area (Å²) in [5.41, 5.74) is -0.0220. The molecule has 2 aromatic heterocycles. The zero-order chi connectivity index (χ0) is 16.7. The second-order valence-electron chi connectivity index (χ2n) is 4.83. The first kappa shape index (κ1) is 17.1. The van der Waals surface area contributed by atoms with Gasteiger partial charge in [0, 0.05) is 24.6 Å². The van der Waals surface area contributed by atoms with Crippen LogP contribution in [-0.2, 0) is 17.8 Å². The van der Waals surface area contributed by atoms with Crippen molar-refractivity contribution in [2.75, 3.05) is 20.3 Å². The molecule has 0 saturated carbocycles. The lowest BCUT2D eigenvalue weighted by Gasteiger charge is -2.20. The molecule has 2 aromatic rings. The number of carbonyl (C=O) groups is 1. The maximum atomic E-state index is 12.7. The van der Waals surface area contributed by atoms with Gasteiger partial charge < -0.3 is 9.64 Å². The third-order valence-corrected chi connectivity index (χ3v) is 4.02. The van der Waals surface area contributed by atoms with E-state index in [1.807, 2.05) is 17.5 Å². The van der Waals surface area contributed by atoms with Gasteiger partial charge in [-0.15, -0.1) is 17.9 Å². The van der Waals surface area contributed by atoms with Crippen molar-refractivity contribution >= 4 is 17.2 Å². The van der Waals surface area contributed by atoms with Gasteiger partial charge >= 0.3 is 0 Å². The maximum Gasteiger partial charge on any atom is 0.274 e. The van der Waals surface area contributed by atoms with E-state index >= 15 is 0 Å². The lowest BCUT2D eigenvalue weighted by molar-refractivity contribution is 0.0754. The SMILES string of the molecule is C=CCN(Cc1cccs1)C(=O)c1ccc(=O)n(CCOC)n1. The van der Waals surface area contributed by atoms with Crippen LogP contribution in [0.15, 0.2) is 47.1 Å². The monoisotopic (exact) mass is 333 g/mol. The first-order valence-electron chi connectivity index (χ1n) is 7.15. The summed E-state index contributed by atoms with van der Waals surface area (Å²) in [6, 6.07) is 6.73. The number of amides is 1. The Morgan fingerprint density at radius 2 is 2.30 bits per heavy atom. The number of ether oxygens (including phenoxy) is 1. The number of aromatic nitrogens is 2. The molecule has 0 fully saturated rings. The molecule has 0 unspecified atom stereocenters. The molecular weight excluding hydrogens is 314 g/mol. The van der Waals surface area contributed by atoms with Crippen molar-refractivity contribution in [3.63, 3.8) is 0 Å². The minimum atomic E-state index is -0.257. The topological polar surface area (TPSA) is 64.4 Å². The van der Waals surface area contributed by atoms with Gasteiger partial charge in [0.15, 0.2) is 0 Å². The highest BCUT2D eigenvalue weighted by Gasteiger charge is 2.18. The van der Waals surface area contributed by atoms with Crippen molar-refractivity contribution in [3.8, 4) is 0 Å². The fraction of sp³-hybridized carbons (Fsp3) is 0.312. The summed E-state index contributed by atoms with van der Waals surface area (Å²) in [4.78, 5) is 27.2. The van der Waals surface area contributed by atoms with E-state index in [2.05, 4.69) is 11.7 Å². The van der Waals surface area contributed by atoms with Crippen LogP contribution < -0.4 is 5.56 Å². The predicted octanol–water partition coefficient (Wildman–Crippen LogP) is 1.78. The second-order valence-corrected chi connectivity index (χ2v) is 5.86. The normalized spacial score (nSPS) is 10.5. The lowest BCUT2D eigenvalue weighted by Crippen LogP contribution is -2.34. The summed E-state index contributed by atoms with van der Waals surface area (Å²) in [7, 11) is 1.55. The van der Waals surface area contributed by atoms with Crippen molar-refractivity contribution in [3.05, 3.63) is 63.2 Å². The molecule has 0 aliphatic heterocycles. The Balaban J connectivity index is 2.21. The minimum absolute atomic E-state index is 0.232. The minimum Gasteiger partial charge on any atom is -0.383 e. The van der Waals surface area contributed by atoms with Gasteiger partial charge in [-0.2, -0.15) is 5.10 Å². The van der Waals surface area contributed by atoms with Crippen molar-refractivity contribution in [2.24, 2.45) is 0 Å². The molecule has 0 N–H and O–H groups in total. The maximum absolute atomic E-state index is 12.7. The zero-order valence-electron chi connectivity index (χ0n) is 13.0. The average Bonchev–Trinajstić information content (AvgIpc) is 3.06. The van der Waals surface area contributed by atoms with E-state index in [1.165, 1.54) is 16.8 Å². The molecule has 7 heteroatoms. The molecular formula is C16H19N3O3S. The second kappa shape index (κ2) is 8.40. The Hall–Kier alpha value is -2.25. The van der Waals surface area contributed by atoms with Crippen LogP contribution in [0.4, 0.5) is 0 Å². The lowest BCUT2D eigenvalue weighted by atomic mass is 10.3. The molecule has 0 saturated heterocycles. The Bertz CT molecular complexity index is 710. The number of rotatable bonds is 8. The quantitative estimate of drug-likeness (QED) is 0.691. The van der Waals surface area contributed by atoms with Crippen LogP contribution in [0.5, 0.6) is 0 Å². The summed E-state index contributed by atoms with van der Waals surface area (Å²) >= 11 is 1.59. The van der Waals surface area contributed by atoms with E-state index in [4.69, 9.17) is 4.74 Å². The molecule has 1 amide bonds. The van der Waals surface area contributed by atoms with Crippen LogP contribution in [-0.4, -0.2) is 40.8 Å². The molecule has 0 radical (unpaired) electrons. The molecule has 6 nitrogen and oxygen atoms in total. The Morgan fingerprint density at radius 3 is 2.96 bits per heavy atom. The van der Waals surface area contributed by atoms with Crippen molar-refractivity contribution in [1.29, 1.82) is 0 Å². The molecule has 0 aliphatic carbocycles. The van der Waals surface area contributed by atoms with E-state index < -0.39 is 0 Å². The van der Waals surface area contributed by atoms with Gasteiger partial charge in [-0.05, 0) is 17.5 Å². The van der Waals surface area contributed by atoms with Gasteiger partial charge in [0.2, 0.25) is 0 Å². The molecule has 0 atom stereocenters. The van der Waals surface area contributed by atoms with E-state index in [0.29, 0.717) is 26.2 Å². The average molecular weight is 333 g/mol. The Labute approximate surface area is 138 Å². The Morgan fingerprint density at radius 1 is 1.48 bits per heavy atom. The highest BCUT2D eigenvalue weighted by molar-refractivity contribution is 7.09. The van der Waals surface area contributed by atoms with Gasteiger partial charge in [-0.1, -0.05) is 12.1 Å². The van der Waals surface area contributed by atoms with E-state index in [1.54, 1.807) is 29.4 Å². The molecule has 2 rings (SSSR count). The standard InChI is InChI=1S/C16H19N3O3S/c1-3-8-18(12-13-5-4-11-23-13)16(21)14-6-7-15(20)19(17-14)9-10-22-2/h3-7,11H,1,8-10,12H2,2H3. The fourth-order valence-electron chi connectivity index (χ4n) is 2.03. The fourth-order valence-corrected chi connectivity index (χ4v) is 2.75.